The van der Waals surface area contributed by atoms with Gasteiger partial charge in [-0.2, -0.15) is 0 Å². The molecule has 2 N–H and O–H groups in total. The van der Waals surface area contributed by atoms with E-state index in [2.05, 4.69) is 30.3 Å². The lowest BCUT2D eigenvalue weighted by atomic mass is 9.98. The summed E-state index contributed by atoms with van der Waals surface area (Å²) >= 11 is 0. The normalized spacial score (nSPS) is 10.1. The van der Waals surface area contributed by atoms with Crippen molar-refractivity contribution in [2.24, 2.45) is 0 Å². The predicted octanol–water partition coefficient (Wildman–Crippen LogP) is 3.58. The fraction of sp³-hybridized carbons (Fsp3) is 0.118. The molecule has 0 unspecified atom stereocenters. The molecule has 0 aliphatic carbocycles. The average Bonchev–Trinajstić information content (AvgIpc) is 2.46. The van der Waals surface area contributed by atoms with Gasteiger partial charge in [0, 0.05) is 6.92 Å². The van der Waals surface area contributed by atoms with Gasteiger partial charge in [-0.3, -0.25) is 4.79 Å². The summed E-state index contributed by atoms with van der Waals surface area (Å²) in [6.07, 6.45) is 0. The number of aliphatic carboxylic acids is 1. The fourth-order valence-electron chi connectivity index (χ4n) is 2.26. The zero-order valence-electron chi connectivity index (χ0n) is 11.2. The zero-order valence-corrected chi connectivity index (χ0v) is 11.2. The number of carboxylic acid groups (broad SMARTS) is 1. The Bertz CT molecular complexity index is 743. The van der Waals surface area contributed by atoms with Crippen LogP contribution in [0.3, 0.4) is 0 Å². The van der Waals surface area contributed by atoms with Gasteiger partial charge < -0.3 is 10.2 Å². The minimum atomic E-state index is -0.833. The van der Waals surface area contributed by atoms with Crippen molar-refractivity contribution in [1.82, 2.24) is 0 Å². The summed E-state index contributed by atoms with van der Waals surface area (Å²) in [7, 11) is 0. The molecule has 102 valence electrons. The maximum absolute atomic E-state index is 9.40. The number of hydrogen-bond donors (Lipinski definition) is 2. The third-order valence-electron chi connectivity index (χ3n) is 3.02. The number of hydrogen-bond acceptors (Lipinski definition) is 2. The predicted molar refractivity (Wildman–Crippen MR) is 80.7 cm³/mol. The number of fused-ring (bicyclic) bond motifs is 3. The number of benzene rings is 3. The summed E-state index contributed by atoms with van der Waals surface area (Å²) in [6, 6.07) is 18.6. The van der Waals surface area contributed by atoms with Crippen LogP contribution in [0.5, 0.6) is 0 Å². The van der Waals surface area contributed by atoms with E-state index in [4.69, 9.17) is 9.90 Å². The highest BCUT2D eigenvalue weighted by atomic mass is 16.4. The van der Waals surface area contributed by atoms with E-state index >= 15 is 0 Å². The number of aliphatic hydroxyl groups is 1. The van der Waals surface area contributed by atoms with Crippen molar-refractivity contribution in [3.05, 3.63) is 60.2 Å². The Morgan fingerprint density at radius 1 is 0.950 bits per heavy atom. The van der Waals surface area contributed by atoms with Gasteiger partial charge in [-0.25, -0.2) is 0 Å². The van der Waals surface area contributed by atoms with Crippen molar-refractivity contribution in [1.29, 1.82) is 0 Å². The van der Waals surface area contributed by atoms with E-state index in [1.54, 1.807) is 0 Å². The Labute approximate surface area is 117 Å². The largest absolute Gasteiger partial charge is 0.481 e. The second-order valence-electron chi connectivity index (χ2n) is 4.48. The van der Waals surface area contributed by atoms with Gasteiger partial charge in [0.05, 0.1) is 6.61 Å². The summed E-state index contributed by atoms with van der Waals surface area (Å²) in [5, 5.41) is 21.6. The van der Waals surface area contributed by atoms with Crippen molar-refractivity contribution in [2.45, 2.75) is 13.5 Å². The molecule has 0 saturated heterocycles. The van der Waals surface area contributed by atoms with Crippen LogP contribution in [0.15, 0.2) is 54.6 Å². The van der Waals surface area contributed by atoms with Crippen molar-refractivity contribution < 1.29 is 15.0 Å². The second kappa shape index (κ2) is 6.17. The fourth-order valence-corrected chi connectivity index (χ4v) is 2.26. The minimum Gasteiger partial charge on any atom is -0.481 e. The number of rotatable bonds is 1. The highest BCUT2D eigenvalue weighted by Gasteiger charge is 2.04. The van der Waals surface area contributed by atoms with Gasteiger partial charge in [0.15, 0.2) is 0 Å². The van der Waals surface area contributed by atoms with Gasteiger partial charge in [0.2, 0.25) is 0 Å². The smallest absolute Gasteiger partial charge is 0.300 e. The van der Waals surface area contributed by atoms with Crippen LogP contribution in [0.1, 0.15) is 12.5 Å². The Kier molecular flexibility index (Phi) is 4.33. The molecular weight excluding hydrogens is 252 g/mol. The molecule has 3 aromatic rings. The third kappa shape index (κ3) is 2.95. The molecule has 0 aliphatic heterocycles. The molecule has 0 radical (unpaired) electrons. The number of carboxylic acids is 1. The molecule has 0 aliphatic rings. The van der Waals surface area contributed by atoms with E-state index in [1.807, 2.05) is 24.3 Å². The first-order valence-electron chi connectivity index (χ1n) is 6.33. The van der Waals surface area contributed by atoms with E-state index < -0.39 is 5.97 Å². The Morgan fingerprint density at radius 3 is 2.05 bits per heavy atom. The maximum atomic E-state index is 9.40. The minimum absolute atomic E-state index is 0.0886. The topological polar surface area (TPSA) is 57.5 Å². The SMILES string of the molecule is CC(=O)O.OCc1cc2ccccc2c2ccccc12. The van der Waals surface area contributed by atoms with E-state index in [-0.39, 0.29) is 6.61 Å². The molecule has 0 heterocycles. The molecule has 0 atom stereocenters. The summed E-state index contributed by atoms with van der Waals surface area (Å²) in [5.41, 5.74) is 0.995. The average molecular weight is 268 g/mol. The lowest BCUT2D eigenvalue weighted by molar-refractivity contribution is -0.134. The lowest BCUT2D eigenvalue weighted by Crippen LogP contribution is -1.87. The van der Waals surface area contributed by atoms with Crippen LogP contribution in [0.2, 0.25) is 0 Å². The second-order valence-corrected chi connectivity index (χ2v) is 4.48. The molecule has 0 bridgehead atoms. The molecule has 20 heavy (non-hydrogen) atoms. The van der Waals surface area contributed by atoms with Crippen LogP contribution in [0.4, 0.5) is 0 Å². The molecule has 0 amide bonds. The first kappa shape index (κ1) is 14.0. The van der Waals surface area contributed by atoms with Gasteiger partial charge in [0.1, 0.15) is 0 Å². The molecule has 0 aromatic heterocycles. The van der Waals surface area contributed by atoms with Crippen LogP contribution < -0.4 is 0 Å². The van der Waals surface area contributed by atoms with Gasteiger partial charge in [-0.15, -0.1) is 0 Å². The molecule has 0 saturated carbocycles. The van der Waals surface area contributed by atoms with E-state index in [9.17, 15) is 5.11 Å². The highest BCUT2D eigenvalue weighted by molar-refractivity contribution is 6.08. The third-order valence-corrected chi connectivity index (χ3v) is 3.02. The lowest BCUT2D eigenvalue weighted by Gasteiger charge is -2.08. The van der Waals surface area contributed by atoms with Gasteiger partial charge in [-0.1, -0.05) is 48.5 Å². The standard InChI is InChI=1S/C15H12O.C2H4O2/c16-10-12-9-11-5-1-2-6-13(11)15-8-4-3-7-14(12)15;1-2(3)4/h1-9,16H,10H2;1H3,(H,3,4). The summed E-state index contributed by atoms with van der Waals surface area (Å²) < 4.78 is 0. The van der Waals surface area contributed by atoms with E-state index in [0.717, 1.165) is 17.9 Å². The van der Waals surface area contributed by atoms with Crippen molar-refractivity contribution in [2.75, 3.05) is 0 Å². The Morgan fingerprint density at radius 2 is 1.45 bits per heavy atom. The molecular formula is C17H16O3. The molecule has 3 nitrogen and oxygen atoms in total. The van der Waals surface area contributed by atoms with Gasteiger partial charge in [0.25, 0.3) is 5.97 Å². The van der Waals surface area contributed by atoms with Crippen molar-refractivity contribution in [3.63, 3.8) is 0 Å². The van der Waals surface area contributed by atoms with Crippen LogP contribution in [0, 0.1) is 0 Å². The molecule has 3 heteroatoms. The maximum Gasteiger partial charge on any atom is 0.300 e. The zero-order chi connectivity index (χ0) is 14.5. The summed E-state index contributed by atoms with van der Waals surface area (Å²) in [4.78, 5) is 9.00. The number of carbonyl (C=O) groups is 1. The van der Waals surface area contributed by atoms with E-state index in [1.165, 1.54) is 16.2 Å². The molecule has 3 aromatic carbocycles. The number of aliphatic hydroxyl groups excluding tert-OH is 1. The quantitative estimate of drug-likeness (QED) is 0.663. The van der Waals surface area contributed by atoms with E-state index in [0.29, 0.717) is 0 Å². The summed E-state index contributed by atoms with van der Waals surface area (Å²) in [5.74, 6) is -0.833. The first-order valence-corrected chi connectivity index (χ1v) is 6.33. The van der Waals surface area contributed by atoms with Crippen LogP contribution in [-0.4, -0.2) is 16.2 Å². The van der Waals surface area contributed by atoms with Crippen molar-refractivity contribution >= 4 is 27.5 Å². The molecule has 3 rings (SSSR count). The Balaban J connectivity index is 0.000000328. The Hall–Kier alpha value is -2.39. The highest BCUT2D eigenvalue weighted by Crippen LogP contribution is 2.28. The van der Waals surface area contributed by atoms with Crippen LogP contribution in [-0.2, 0) is 11.4 Å². The van der Waals surface area contributed by atoms with Crippen LogP contribution in [0.25, 0.3) is 21.5 Å². The summed E-state index contributed by atoms with van der Waals surface area (Å²) in [6.45, 7) is 1.17. The van der Waals surface area contributed by atoms with Gasteiger partial charge >= 0.3 is 0 Å². The van der Waals surface area contributed by atoms with Crippen molar-refractivity contribution in [3.8, 4) is 0 Å². The van der Waals surface area contributed by atoms with Crippen LogP contribution >= 0.6 is 0 Å². The molecule has 0 spiro atoms. The first-order chi connectivity index (χ1) is 9.63. The molecule has 0 fully saturated rings. The monoisotopic (exact) mass is 268 g/mol. The van der Waals surface area contributed by atoms with Gasteiger partial charge in [-0.05, 0) is 33.2 Å².